The molecule has 0 amide bonds. The molecule has 0 aliphatic rings. The van der Waals surface area contributed by atoms with Gasteiger partial charge in [0.15, 0.2) is 10.9 Å². The van der Waals surface area contributed by atoms with Crippen LogP contribution in [0.1, 0.15) is 52.4 Å². The van der Waals surface area contributed by atoms with Crippen LogP contribution in [0.5, 0.6) is 0 Å². The molecule has 0 radical (unpaired) electrons. The van der Waals surface area contributed by atoms with E-state index in [0.717, 1.165) is 13.2 Å². The van der Waals surface area contributed by atoms with Gasteiger partial charge in [-0.1, -0.05) is 39.5 Å². The van der Waals surface area contributed by atoms with Crippen molar-refractivity contribution in [3.05, 3.63) is 0 Å². The number of unbranched alkanes of at least 4 members (excludes halogenated alkanes) is 4. The summed E-state index contributed by atoms with van der Waals surface area (Å²) in [6.45, 7) is 6.38. The minimum atomic E-state index is -2.62. The van der Waals surface area contributed by atoms with E-state index in [-0.39, 0.29) is 0 Å². The van der Waals surface area contributed by atoms with Gasteiger partial charge in [0, 0.05) is 13.2 Å². The van der Waals surface area contributed by atoms with Crippen molar-refractivity contribution in [2.75, 3.05) is 13.2 Å². The van der Waals surface area contributed by atoms with Crippen LogP contribution in [0.15, 0.2) is 0 Å². The normalized spacial score (nSPS) is 9.87. The lowest BCUT2D eigenvalue weighted by molar-refractivity contribution is 0.126. The largest absolute Gasteiger partial charge is 0.381 e. The van der Waals surface area contributed by atoms with Gasteiger partial charge in [0.2, 0.25) is 0 Å². The summed E-state index contributed by atoms with van der Waals surface area (Å²) in [6, 6.07) is 0. The molecule has 5 heteroatoms. The van der Waals surface area contributed by atoms with E-state index in [2.05, 4.69) is 19.0 Å². The fourth-order valence-corrected chi connectivity index (χ4v) is 1.01. The van der Waals surface area contributed by atoms with Gasteiger partial charge in [-0.15, -0.1) is 0 Å². The minimum Gasteiger partial charge on any atom is -0.381 e. The predicted octanol–water partition coefficient (Wildman–Crippen LogP) is 1.85. The van der Waals surface area contributed by atoms with Crippen molar-refractivity contribution in [3.63, 3.8) is 0 Å². The molecule has 0 bridgehead atoms. The highest BCUT2D eigenvalue weighted by Crippen LogP contribution is 1.97. The van der Waals surface area contributed by atoms with Crippen molar-refractivity contribution in [2.45, 2.75) is 52.4 Å². The van der Waals surface area contributed by atoms with E-state index in [1.54, 1.807) is 0 Å². The van der Waals surface area contributed by atoms with Crippen LogP contribution in [0.25, 0.3) is 0 Å². The van der Waals surface area contributed by atoms with E-state index in [4.69, 9.17) is 13.2 Å². The third-order valence-corrected chi connectivity index (χ3v) is 1.78. The Kier molecular flexibility index (Phi) is 18.8. The number of thiol groups is 1. The fourth-order valence-electron chi connectivity index (χ4n) is 1.01. The standard InChI is InChI=1S/C10H22O.H3NO2S/c1-3-5-7-9-11-10-8-6-4-2;1-4(2)3/h3-10H2,1-2H3;4H,(H2,1,2,3). The molecule has 0 heterocycles. The molecule has 0 atom stereocenters. The monoisotopic (exact) mass is 239 g/mol. The molecule has 0 saturated heterocycles. The van der Waals surface area contributed by atoms with E-state index in [0.29, 0.717) is 0 Å². The van der Waals surface area contributed by atoms with Crippen molar-refractivity contribution in [1.29, 1.82) is 0 Å². The van der Waals surface area contributed by atoms with Gasteiger partial charge in [0.25, 0.3) is 0 Å². The molecule has 0 aliphatic carbocycles. The molecule has 0 aromatic heterocycles. The van der Waals surface area contributed by atoms with E-state index in [1.165, 1.54) is 38.5 Å². The van der Waals surface area contributed by atoms with Crippen molar-refractivity contribution in [3.8, 4) is 0 Å². The summed E-state index contributed by atoms with van der Waals surface area (Å²) < 4.78 is 23.1. The van der Waals surface area contributed by atoms with Crippen molar-refractivity contribution in [2.24, 2.45) is 5.14 Å². The summed E-state index contributed by atoms with van der Waals surface area (Å²) in [6.07, 6.45) is 7.68. The second-order valence-electron chi connectivity index (χ2n) is 3.31. The molecule has 0 aromatic carbocycles. The van der Waals surface area contributed by atoms with E-state index < -0.39 is 10.9 Å². The highest BCUT2D eigenvalue weighted by Gasteiger charge is 1.88. The maximum absolute atomic E-state index is 8.81. The maximum Gasteiger partial charge on any atom is 0.198 e. The fraction of sp³-hybridized carbons (Fsp3) is 1.00. The Hall–Kier alpha value is -0.130. The molecule has 0 rings (SSSR count). The molecule has 94 valence electrons. The highest BCUT2D eigenvalue weighted by molar-refractivity contribution is 7.69. The molecule has 15 heavy (non-hydrogen) atoms. The molecular weight excluding hydrogens is 214 g/mol. The number of rotatable bonds is 8. The summed E-state index contributed by atoms with van der Waals surface area (Å²) in [4.78, 5) is 0. The van der Waals surface area contributed by atoms with Crippen LogP contribution in [-0.4, -0.2) is 21.6 Å². The summed E-state index contributed by atoms with van der Waals surface area (Å²) in [5.74, 6) is 0. The van der Waals surface area contributed by atoms with Gasteiger partial charge in [-0.3, -0.25) is 0 Å². The Morgan fingerprint density at radius 3 is 1.53 bits per heavy atom. The zero-order chi connectivity index (χ0) is 11.9. The van der Waals surface area contributed by atoms with Crippen LogP contribution in [0, 0.1) is 0 Å². The zero-order valence-electron chi connectivity index (χ0n) is 9.91. The Morgan fingerprint density at radius 1 is 0.933 bits per heavy atom. The lowest BCUT2D eigenvalue weighted by atomic mass is 10.2. The second-order valence-corrected chi connectivity index (χ2v) is 3.88. The van der Waals surface area contributed by atoms with Gasteiger partial charge in [0.05, 0.1) is 0 Å². The third kappa shape index (κ3) is 31.6. The predicted molar refractivity (Wildman–Crippen MR) is 64.4 cm³/mol. The molecule has 0 saturated carbocycles. The Bertz CT molecular complexity index is 156. The van der Waals surface area contributed by atoms with E-state index in [1.807, 2.05) is 0 Å². The summed E-state index contributed by atoms with van der Waals surface area (Å²) >= 11 is 0. The number of nitrogens with two attached hydrogens (primary N) is 1. The van der Waals surface area contributed by atoms with Crippen molar-refractivity contribution < 1.29 is 13.2 Å². The maximum atomic E-state index is 8.81. The average Bonchev–Trinajstić information content (AvgIpc) is 2.16. The zero-order valence-corrected chi connectivity index (χ0v) is 10.8. The number of hydrogen-bond donors (Lipinski definition) is 2. The van der Waals surface area contributed by atoms with Crippen LogP contribution in [0.4, 0.5) is 0 Å². The van der Waals surface area contributed by atoms with E-state index in [9.17, 15) is 0 Å². The highest BCUT2D eigenvalue weighted by atomic mass is 32.2. The molecule has 0 aromatic rings. The Labute approximate surface area is 95.3 Å². The van der Waals surface area contributed by atoms with Crippen LogP contribution in [0.2, 0.25) is 0 Å². The lowest BCUT2D eigenvalue weighted by Gasteiger charge is -2.01. The quantitative estimate of drug-likeness (QED) is 0.502. The topological polar surface area (TPSA) is 69.4 Å². The van der Waals surface area contributed by atoms with Crippen LogP contribution in [0.3, 0.4) is 0 Å². The SMILES string of the molecule is CCCCCOCCCCC.N[SH](=O)=O. The molecular formula is C10H25NO3S. The van der Waals surface area contributed by atoms with Crippen molar-refractivity contribution >= 4 is 10.9 Å². The minimum absolute atomic E-state index is 0.970. The number of hydrogen-bond acceptors (Lipinski definition) is 3. The number of ether oxygens (including phenoxy) is 1. The Balaban J connectivity index is 0. The molecule has 0 fully saturated rings. The van der Waals surface area contributed by atoms with Gasteiger partial charge in [-0.05, 0) is 12.8 Å². The smallest absolute Gasteiger partial charge is 0.198 e. The molecule has 0 spiro atoms. The first-order valence-corrected chi connectivity index (χ1v) is 6.86. The first kappa shape index (κ1) is 17.3. The van der Waals surface area contributed by atoms with Gasteiger partial charge >= 0.3 is 0 Å². The average molecular weight is 239 g/mol. The van der Waals surface area contributed by atoms with Crippen molar-refractivity contribution in [1.82, 2.24) is 0 Å². The van der Waals surface area contributed by atoms with E-state index >= 15 is 0 Å². The molecule has 2 N–H and O–H groups in total. The van der Waals surface area contributed by atoms with Crippen LogP contribution < -0.4 is 5.14 Å². The van der Waals surface area contributed by atoms with Gasteiger partial charge in [-0.25, -0.2) is 13.6 Å². The molecule has 0 unspecified atom stereocenters. The summed E-state index contributed by atoms with van der Waals surface area (Å²) in [5.41, 5.74) is 0. The summed E-state index contributed by atoms with van der Waals surface area (Å²) in [7, 11) is -2.62. The van der Waals surface area contributed by atoms with Gasteiger partial charge < -0.3 is 4.74 Å². The lowest BCUT2D eigenvalue weighted by Crippen LogP contribution is -1.96. The first-order chi connectivity index (χ1) is 7.15. The molecule has 4 nitrogen and oxygen atoms in total. The Morgan fingerprint density at radius 2 is 1.27 bits per heavy atom. The van der Waals surface area contributed by atoms with Crippen LogP contribution >= 0.6 is 0 Å². The van der Waals surface area contributed by atoms with Gasteiger partial charge in [-0.2, -0.15) is 0 Å². The first-order valence-electron chi connectivity index (χ1n) is 5.61. The second kappa shape index (κ2) is 16.3. The molecule has 0 aliphatic heterocycles. The van der Waals surface area contributed by atoms with Crippen LogP contribution in [-0.2, 0) is 15.6 Å². The van der Waals surface area contributed by atoms with Gasteiger partial charge in [0.1, 0.15) is 0 Å². The summed E-state index contributed by atoms with van der Waals surface area (Å²) in [5, 5.41) is 4.06. The third-order valence-electron chi connectivity index (χ3n) is 1.78.